The van der Waals surface area contributed by atoms with E-state index in [0.29, 0.717) is 0 Å². The highest BCUT2D eigenvalue weighted by Crippen LogP contribution is 2.33. The summed E-state index contributed by atoms with van der Waals surface area (Å²) in [6.45, 7) is 17.5. The van der Waals surface area contributed by atoms with Gasteiger partial charge in [-0.15, -0.1) is 0 Å². The normalized spacial score (nSPS) is 16.6. The molecule has 0 aromatic heterocycles. The van der Waals surface area contributed by atoms with Crippen LogP contribution in [-0.2, 0) is 0 Å². The minimum atomic E-state index is 0.787. The molecule has 1 saturated carbocycles. The molecule has 0 N–H and O–H groups in total. The lowest BCUT2D eigenvalue weighted by Gasteiger charge is -2.26. The lowest BCUT2D eigenvalue weighted by Crippen LogP contribution is -2.11. The van der Waals surface area contributed by atoms with Crippen LogP contribution >= 0.6 is 0 Å². The van der Waals surface area contributed by atoms with Crippen molar-refractivity contribution in [1.82, 2.24) is 0 Å². The van der Waals surface area contributed by atoms with Crippen molar-refractivity contribution < 1.29 is 0 Å². The summed E-state index contributed by atoms with van der Waals surface area (Å²) in [5.74, 6) is 2.71. The van der Waals surface area contributed by atoms with Crippen LogP contribution in [0.4, 0.5) is 0 Å². The van der Waals surface area contributed by atoms with Gasteiger partial charge in [0.2, 0.25) is 0 Å². The largest absolute Gasteiger partial charge is 0.0825 e. The quantitative estimate of drug-likeness (QED) is 0.439. The fourth-order valence-electron chi connectivity index (χ4n) is 1.92. The molecule has 0 nitrogen and oxygen atoms in total. The highest BCUT2D eigenvalue weighted by atomic mass is 14.2. The van der Waals surface area contributed by atoms with Crippen molar-refractivity contribution in [3.05, 3.63) is 11.6 Å². The Morgan fingerprint density at radius 3 is 1.75 bits per heavy atom. The van der Waals surface area contributed by atoms with Crippen molar-refractivity contribution in [2.24, 2.45) is 17.8 Å². The van der Waals surface area contributed by atoms with Gasteiger partial charge in [-0.05, 0) is 30.6 Å². The van der Waals surface area contributed by atoms with Crippen LogP contribution in [0, 0.1) is 17.8 Å². The van der Waals surface area contributed by atoms with Gasteiger partial charge in [-0.1, -0.05) is 99.1 Å². The van der Waals surface area contributed by atoms with E-state index < -0.39 is 0 Å². The van der Waals surface area contributed by atoms with Crippen molar-refractivity contribution in [2.45, 2.75) is 100 Å². The van der Waals surface area contributed by atoms with Crippen LogP contribution in [0.2, 0.25) is 0 Å². The molecule has 0 amide bonds. The van der Waals surface area contributed by atoms with Crippen molar-refractivity contribution >= 4 is 0 Å². The second kappa shape index (κ2) is 15.1. The molecule has 0 spiro atoms. The van der Waals surface area contributed by atoms with Gasteiger partial charge in [0.15, 0.2) is 0 Å². The van der Waals surface area contributed by atoms with E-state index in [0.717, 1.165) is 17.8 Å². The van der Waals surface area contributed by atoms with Crippen LogP contribution in [0.25, 0.3) is 0 Å². The Kier molecular flexibility index (Phi) is 16.7. The molecule has 1 fully saturated rings. The fourth-order valence-corrected chi connectivity index (χ4v) is 1.92. The minimum Gasteiger partial charge on any atom is -0.0825 e. The summed E-state index contributed by atoms with van der Waals surface area (Å²) in [7, 11) is 0. The van der Waals surface area contributed by atoms with Crippen LogP contribution in [-0.4, -0.2) is 0 Å². The van der Waals surface area contributed by atoms with Gasteiger partial charge < -0.3 is 0 Å². The predicted molar refractivity (Wildman–Crippen MR) is 96.3 cm³/mol. The van der Waals surface area contributed by atoms with E-state index in [9.17, 15) is 0 Å². The Morgan fingerprint density at radius 2 is 1.50 bits per heavy atom. The summed E-state index contributed by atoms with van der Waals surface area (Å²) in [5, 5.41) is 0. The van der Waals surface area contributed by atoms with E-state index in [1.165, 1.54) is 44.9 Å². The molecule has 1 rings (SSSR count). The van der Waals surface area contributed by atoms with E-state index in [2.05, 4.69) is 47.6 Å². The number of allylic oxidation sites excluding steroid dienone is 2. The van der Waals surface area contributed by atoms with Gasteiger partial charge in [-0.3, -0.25) is 0 Å². The van der Waals surface area contributed by atoms with Crippen molar-refractivity contribution in [3.8, 4) is 0 Å². The SMILES string of the molecule is CC.CC/C(=C\C(C)CC)CC1CCC1.CCC(C)C. The zero-order chi connectivity index (χ0) is 16.0. The Morgan fingerprint density at radius 1 is 1.00 bits per heavy atom. The zero-order valence-electron chi connectivity index (χ0n) is 15.8. The molecule has 1 atom stereocenters. The molecular formula is C20H42. The maximum atomic E-state index is 2.51. The first-order chi connectivity index (χ1) is 9.53. The van der Waals surface area contributed by atoms with Crippen molar-refractivity contribution in [1.29, 1.82) is 0 Å². The van der Waals surface area contributed by atoms with E-state index >= 15 is 0 Å². The number of hydrogen-bond acceptors (Lipinski definition) is 0. The molecule has 0 heteroatoms. The third-order valence-electron chi connectivity index (χ3n) is 4.21. The fraction of sp³-hybridized carbons (Fsp3) is 0.900. The highest BCUT2D eigenvalue weighted by Gasteiger charge is 2.18. The van der Waals surface area contributed by atoms with Gasteiger partial charge in [0, 0.05) is 0 Å². The third kappa shape index (κ3) is 12.8. The molecule has 0 radical (unpaired) electrons. The first-order valence-electron chi connectivity index (χ1n) is 9.22. The molecule has 0 heterocycles. The second-order valence-electron chi connectivity index (χ2n) is 6.37. The Labute approximate surface area is 130 Å². The lowest BCUT2D eigenvalue weighted by atomic mass is 9.80. The standard InChI is InChI=1S/C13H24.C5H12.C2H6/c1-4-11(3)9-12(5-2)10-13-7-6-8-13;1-4-5(2)3;1-2/h9,11,13H,4-8,10H2,1-3H3;5H,4H2,1-3H3;1-2H3/b12-9+;;. The second-order valence-corrected chi connectivity index (χ2v) is 6.37. The molecule has 0 bridgehead atoms. The maximum Gasteiger partial charge on any atom is -0.0262 e. The molecule has 0 aromatic carbocycles. The van der Waals surface area contributed by atoms with Gasteiger partial charge in [-0.2, -0.15) is 0 Å². The number of rotatable bonds is 6. The minimum absolute atomic E-state index is 0.787. The molecule has 1 aliphatic carbocycles. The summed E-state index contributed by atoms with van der Waals surface area (Å²) in [6, 6.07) is 0. The van der Waals surface area contributed by atoms with Crippen LogP contribution in [0.1, 0.15) is 100 Å². The topological polar surface area (TPSA) is 0 Å². The van der Waals surface area contributed by atoms with Gasteiger partial charge in [0.05, 0.1) is 0 Å². The monoisotopic (exact) mass is 282 g/mol. The molecule has 122 valence electrons. The van der Waals surface area contributed by atoms with E-state index in [4.69, 9.17) is 0 Å². The molecule has 1 unspecified atom stereocenters. The maximum absolute atomic E-state index is 2.51. The van der Waals surface area contributed by atoms with E-state index in [-0.39, 0.29) is 0 Å². The molecule has 0 aromatic rings. The van der Waals surface area contributed by atoms with Crippen molar-refractivity contribution in [3.63, 3.8) is 0 Å². The number of hydrogen-bond donors (Lipinski definition) is 0. The first kappa shape index (κ1) is 22.0. The van der Waals surface area contributed by atoms with Gasteiger partial charge in [0.1, 0.15) is 0 Å². The van der Waals surface area contributed by atoms with Crippen LogP contribution in [0.3, 0.4) is 0 Å². The highest BCUT2D eigenvalue weighted by molar-refractivity contribution is 5.05. The Balaban J connectivity index is 0. The summed E-state index contributed by atoms with van der Waals surface area (Å²) < 4.78 is 0. The van der Waals surface area contributed by atoms with Gasteiger partial charge in [-0.25, -0.2) is 0 Å². The lowest BCUT2D eigenvalue weighted by molar-refractivity contribution is 0.311. The predicted octanol–water partition coefficient (Wildman–Crippen LogP) is 7.64. The molecule has 20 heavy (non-hydrogen) atoms. The van der Waals surface area contributed by atoms with Crippen LogP contribution in [0.5, 0.6) is 0 Å². The van der Waals surface area contributed by atoms with Crippen molar-refractivity contribution in [2.75, 3.05) is 0 Å². The summed E-state index contributed by atoms with van der Waals surface area (Å²) >= 11 is 0. The first-order valence-corrected chi connectivity index (χ1v) is 9.22. The summed E-state index contributed by atoms with van der Waals surface area (Å²) in [5.41, 5.74) is 1.71. The van der Waals surface area contributed by atoms with Crippen LogP contribution in [0.15, 0.2) is 11.6 Å². The average molecular weight is 283 g/mol. The van der Waals surface area contributed by atoms with Gasteiger partial charge >= 0.3 is 0 Å². The Bertz CT molecular complexity index is 208. The molecular weight excluding hydrogens is 240 g/mol. The molecule has 0 saturated heterocycles. The van der Waals surface area contributed by atoms with E-state index in [1.54, 1.807) is 5.57 Å². The van der Waals surface area contributed by atoms with E-state index in [1.807, 2.05) is 13.8 Å². The van der Waals surface area contributed by atoms with Crippen LogP contribution < -0.4 is 0 Å². The summed E-state index contributed by atoms with van der Waals surface area (Å²) in [6.07, 6.45) is 12.2. The summed E-state index contributed by atoms with van der Waals surface area (Å²) in [4.78, 5) is 0. The zero-order valence-corrected chi connectivity index (χ0v) is 15.8. The smallest absolute Gasteiger partial charge is 0.0262 e. The molecule has 1 aliphatic rings. The Hall–Kier alpha value is -0.260. The molecule has 0 aliphatic heterocycles. The van der Waals surface area contributed by atoms with Gasteiger partial charge in [0.25, 0.3) is 0 Å². The third-order valence-corrected chi connectivity index (χ3v) is 4.21. The average Bonchev–Trinajstić information content (AvgIpc) is 2.43.